The summed E-state index contributed by atoms with van der Waals surface area (Å²) in [5, 5.41) is 4.10. The lowest BCUT2D eigenvalue weighted by Crippen LogP contribution is -2.37. The second kappa shape index (κ2) is 5.61. The van der Waals surface area contributed by atoms with Crippen LogP contribution in [0.25, 0.3) is 11.4 Å². The van der Waals surface area contributed by atoms with E-state index in [-0.39, 0.29) is 5.97 Å². The first kappa shape index (κ1) is 15.2. The molecule has 126 valence electrons. The predicted octanol–water partition coefficient (Wildman–Crippen LogP) is 2.82. The van der Waals surface area contributed by atoms with Crippen molar-refractivity contribution in [1.29, 1.82) is 0 Å². The molecule has 1 aromatic heterocycles. The lowest BCUT2D eigenvalue weighted by atomic mass is 9.81. The quantitative estimate of drug-likeness (QED) is 0.808. The molecular weight excluding hydrogens is 306 g/mol. The number of fused-ring (bicyclic) bond motifs is 1. The molecule has 1 aliphatic carbocycles. The van der Waals surface area contributed by atoms with Crippen molar-refractivity contribution in [2.45, 2.75) is 26.2 Å². The van der Waals surface area contributed by atoms with E-state index in [4.69, 9.17) is 9.26 Å². The van der Waals surface area contributed by atoms with Crippen molar-refractivity contribution >= 4 is 12.0 Å². The van der Waals surface area contributed by atoms with Gasteiger partial charge in [0.2, 0.25) is 5.82 Å². The van der Waals surface area contributed by atoms with Gasteiger partial charge in [0.15, 0.2) is 0 Å². The third-order valence-corrected chi connectivity index (χ3v) is 5.46. The van der Waals surface area contributed by atoms with Crippen LogP contribution in [-0.4, -0.2) is 36.3 Å². The molecule has 6 heteroatoms. The standard InChI is InChI=1S/C18H21N3O3/c1-12-5-7-13(8-6-12)15-19-17(24-20-15)21-10-14-4-3-9-18(14,11-21)16(22)23-2/h5-8,14H,3-4,9-11H2,1-2H3. The fourth-order valence-electron chi connectivity index (χ4n) is 4.14. The number of benzene rings is 1. The minimum absolute atomic E-state index is 0.106. The number of rotatable bonds is 3. The van der Waals surface area contributed by atoms with Crippen LogP contribution in [0.2, 0.25) is 0 Å². The number of aromatic nitrogens is 2. The predicted molar refractivity (Wildman–Crippen MR) is 88.5 cm³/mol. The summed E-state index contributed by atoms with van der Waals surface area (Å²) in [6.07, 6.45) is 3.00. The molecule has 1 saturated carbocycles. The zero-order chi connectivity index (χ0) is 16.7. The molecule has 2 unspecified atom stereocenters. The summed E-state index contributed by atoms with van der Waals surface area (Å²) >= 11 is 0. The number of carbonyl (C=O) groups is 1. The summed E-state index contributed by atoms with van der Waals surface area (Å²) in [4.78, 5) is 18.9. The topological polar surface area (TPSA) is 68.5 Å². The molecule has 2 atom stereocenters. The number of esters is 1. The summed E-state index contributed by atoms with van der Waals surface area (Å²) < 4.78 is 10.5. The van der Waals surface area contributed by atoms with E-state index in [2.05, 4.69) is 10.1 Å². The third-order valence-electron chi connectivity index (χ3n) is 5.46. The van der Waals surface area contributed by atoms with Crippen molar-refractivity contribution in [2.75, 3.05) is 25.1 Å². The Labute approximate surface area is 140 Å². The third kappa shape index (κ3) is 2.28. The summed E-state index contributed by atoms with van der Waals surface area (Å²) in [6.45, 7) is 3.41. The largest absolute Gasteiger partial charge is 0.469 e. The van der Waals surface area contributed by atoms with Gasteiger partial charge in [0.05, 0.1) is 12.5 Å². The van der Waals surface area contributed by atoms with Crippen LogP contribution in [-0.2, 0) is 9.53 Å². The van der Waals surface area contributed by atoms with Crippen LogP contribution in [0.4, 0.5) is 6.01 Å². The van der Waals surface area contributed by atoms with Gasteiger partial charge in [0.25, 0.3) is 0 Å². The average molecular weight is 327 g/mol. The molecule has 1 aliphatic heterocycles. The van der Waals surface area contributed by atoms with E-state index in [0.29, 0.717) is 24.3 Å². The number of aryl methyl sites for hydroxylation is 1. The smallest absolute Gasteiger partial charge is 0.324 e. The number of nitrogens with zero attached hydrogens (tertiary/aromatic N) is 3. The molecule has 24 heavy (non-hydrogen) atoms. The zero-order valence-electron chi connectivity index (χ0n) is 14.0. The maximum atomic E-state index is 12.3. The highest BCUT2D eigenvalue weighted by Crippen LogP contribution is 2.50. The molecule has 2 aliphatic rings. The molecule has 0 N–H and O–H groups in total. The molecule has 4 rings (SSSR count). The normalized spacial score (nSPS) is 25.8. The van der Waals surface area contributed by atoms with Crippen LogP contribution < -0.4 is 4.90 Å². The zero-order valence-corrected chi connectivity index (χ0v) is 14.0. The Morgan fingerprint density at radius 2 is 2.17 bits per heavy atom. The van der Waals surface area contributed by atoms with Gasteiger partial charge in [-0.3, -0.25) is 4.79 Å². The van der Waals surface area contributed by atoms with Crippen molar-refractivity contribution in [1.82, 2.24) is 10.1 Å². The van der Waals surface area contributed by atoms with Gasteiger partial charge >= 0.3 is 12.0 Å². The van der Waals surface area contributed by atoms with Crippen LogP contribution in [0.1, 0.15) is 24.8 Å². The number of methoxy groups -OCH3 is 1. The molecule has 0 bridgehead atoms. The molecule has 2 heterocycles. The van der Waals surface area contributed by atoms with Gasteiger partial charge in [-0.25, -0.2) is 0 Å². The molecule has 2 fully saturated rings. The van der Waals surface area contributed by atoms with Gasteiger partial charge in [-0.2, -0.15) is 4.98 Å². The van der Waals surface area contributed by atoms with Crippen molar-refractivity contribution in [3.63, 3.8) is 0 Å². The number of anilines is 1. The lowest BCUT2D eigenvalue weighted by molar-refractivity contribution is -0.152. The number of hydrogen-bond acceptors (Lipinski definition) is 6. The fourth-order valence-corrected chi connectivity index (χ4v) is 4.14. The Morgan fingerprint density at radius 3 is 2.92 bits per heavy atom. The van der Waals surface area contributed by atoms with Crippen molar-refractivity contribution < 1.29 is 14.1 Å². The minimum atomic E-state index is -0.409. The van der Waals surface area contributed by atoms with Crippen LogP contribution in [0, 0.1) is 18.3 Å². The van der Waals surface area contributed by atoms with E-state index in [1.807, 2.05) is 36.1 Å². The molecule has 6 nitrogen and oxygen atoms in total. The van der Waals surface area contributed by atoms with E-state index in [1.165, 1.54) is 12.7 Å². The van der Waals surface area contributed by atoms with E-state index >= 15 is 0 Å². The van der Waals surface area contributed by atoms with Gasteiger partial charge < -0.3 is 14.2 Å². The summed E-state index contributed by atoms with van der Waals surface area (Å²) in [6, 6.07) is 8.51. The van der Waals surface area contributed by atoms with Crippen LogP contribution in [0.5, 0.6) is 0 Å². The average Bonchev–Trinajstić information content (AvgIpc) is 3.28. The Hall–Kier alpha value is -2.37. The highest BCUT2D eigenvalue weighted by Gasteiger charge is 2.56. The monoisotopic (exact) mass is 327 g/mol. The SMILES string of the molecule is COC(=O)C12CCCC1CN(c1nc(-c3ccc(C)cc3)no1)C2. The molecular formula is C18H21N3O3. The Balaban J connectivity index is 1.58. The van der Waals surface area contributed by atoms with Gasteiger partial charge in [-0.15, -0.1) is 0 Å². The summed E-state index contributed by atoms with van der Waals surface area (Å²) in [5.41, 5.74) is 1.71. The molecule has 0 spiro atoms. The molecule has 1 saturated heterocycles. The number of carbonyl (C=O) groups excluding carboxylic acids is 1. The molecule has 2 aromatic rings. The van der Waals surface area contributed by atoms with Crippen molar-refractivity contribution in [3.8, 4) is 11.4 Å². The fraction of sp³-hybridized carbons (Fsp3) is 0.500. The van der Waals surface area contributed by atoms with Crippen LogP contribution in [0.3, 0.4) is 0 Å². The highest BCUT2D eigenvalue weighted by molar-refractivity contribution is 5.79. The Morgan fingerprint density at radius 1 is 1.38 bits per heavy atom. The van der Waals surface area contributed by atoms with Crippen molar-refractivity contribution in [3.05, 3.63) is 29.8 Å². The first-order valence-electron chi connectivity index (χ1n) is 8.36. The second-order valence-corrected chi connectivity index (χ2v) is 6.88. The van der Waals surface area contributed by atoms with Crippen molar-refractivity contribution in [2.24, 2.45) is 11.3 Å². The summed E-state index contributed by atoms with van der Waals surface area (Å²) in [7, 11) is 1.47. The molecule has 0 amide bonds. The van der Waals surface area contributed by atoms with E-state index in [1.54, 1.807) is 0 Å². The Bertz CT molecular complexity index is 755. The van der Waals surface area contributed by atoms with Gasteiger partial charge in [0.1, 0.15) is 0 Å². The van der Waals surface area contributed by atoms with Gasteiger partial charge in [0, 0.05) is 18.7 Å². The van der Waals surface area contributed by atoms with Crippen LogP contribution >= 0.6 is 0 Å². The second-order valence-electron chi connectivity index (χ2n) is 6.88. The molecule has 1 aromatic carbocycles. The lowest BCUT2D eigenvalue weighted by Gasteiger charge is -2.24. The first-order chi connectivity index (χ1) is 11.6. The number of hydrogen-bond donors (Lipinski definition) is 0. The summed E-state index contributed by atoms with van der Waals surface area (Å²) in [5.74, 6) is 0.777. The number of ether oxygens (including phenoxy) is 1. The Kier molecular flexibility index (Phi) is 3.55. The van der Waals surface area contributed by atoms with Gasteiger partial charge in [-0.05, 0) is 25.7 Å². The maximum Gasteiger partial charge on any atom is 0.324 e. The first-order valence-corrected chi connectivity index (χ1v) is 8.36. The van der Waals surface area contributed by atoms with Gasteiger partial charge in [-0.1, -0.05) is 41.4 Å². The van der Waals surface area contributed by atoms with E-state index < -0.39 is 5.41 Å². The van der Waals surface area contributed by atoms with E-state index in [0.717, 1.165) is 31.4 Å². The highest BCUT2D eigenvalue weighted by atomic mass is 16.5. The maximum absolute atomic E-state index is 12.3. The van der Waals surface area contributed by atoms with Crippen LogP contribution in [0.15, 0.2) is 28.8 Å². The van der Waals surface area contributed by atoms with E-state index in [9.17, 15) is 4.79 Å². The molecule has 0 radical (unpaired) electrons. The minimum Gasteiger partial charge on any atom is -0.469 e.